The molecule has 0 saturated carbocycles. The van der Waals surface area contributed by atoms with Crippen LogP contribution in [0.2, 0.25) is 0 Å². The molecule has 0 aliphatic heterocycles. The molecule has 1 aromatic heterocycles. The smallest absolute Gasteiger partial charge is 0.264 e. The first-order valence-electron chi connectivity index (χ1n) is 5.78. The molecule has 96 valence electrons. The van der Waals surface area contributed by atoms with Crippen LogP contribution in [0, 0.1) is 5.92 Å². The minimum atomic E-state index is -0.119. The van der Waals surface area contributed by atoms with Crippen LogP contribution in [0.4, 0.5) is 0 Å². The summed E-state index contributed by atoms with van der Waals surface area (Å²) < 4.78 is 3.79. The van der Waals surface area contributed by atoms with Gasteiger partial charge < -0.3 is 5.32 Å². The van der Waals surface area contributed by atoms with Crippen molar-refractivity contribution in [2.45, 2.75) is 39.0 Å². The van der Waals surface area contributed by atoms with Gasteiger partial charge in [-0.2, -0.15) is 0 Å². The van der Waals surface area contributed by atoms with Crippen molar-refractivity contribution in [3.05, 3.63) is 10.6 Å². The third-order valence-corrected chi connectivity index (χ3v) is 3.41. The molecule has 0 aliphatic rings. The largest absolute Gasteiger partial charge is 0.350 e. The topological polar surface area (TPSA) is 54.9 Å². The maximum Gasteiger partial charge on any atom is 0.264 e. The molecular weight excluding hydrogens is 258 g/mol. The summed E-state index contributed by atoms with van der Waals surface area (Å²) in [5.41, 5.74) is 0.752. The second-order valence-corrected chi connectivity index (χ2v) is 5.71. The molecular formula is C11H18ClN3OS. The van der Waals surface area contributed by atoms with Gasteiger partial charge in [0.05, 0.1) is 11.1 Å². The molecule has 0 saturated heterocycles. The molecule has 0 bridgehead atoms. The first kappa shape index (κ1) is 14.4. The Balaban J connectivity index is 2.45. The van der Waals surface area contributed by atoms with E-state index in [4.69, 9.17) is 11.6 Å². The normalized spacial score (nSPS) is 12.8. The van der Waals surface area contributed by atoms with Gasteiger partial charge in [-0.1, -0.05) is 25.3 Å². The van der Waals surface area contributed by atoms with Crippen molar-refractivity contribution in [3.63, 3.8) is 0 Å². The van der Waals surface area contributed by atoms with Crippen LogP contribution < -0.4 is 5.32 Å². The highest BCUT2D eigenvalue weighted by atomic mass is 35.5. The summed E-state index contributed by atoms with van der Waals surface area (Å²) in [5.74, 6) is 0.414. The van der Waals surface area contributed by atoms with Gasteiger partial charge in [-0.15, -0.1) is 16.7 Å². The molecule has 4 nitrogen and oxygen atoms in total. The SMILES string of the molecule is CCc1nnsc1C(=O)NCC(Cl)CC(C)C. The van der Waals surface area contributed by atoms with Crippen molar-refractivity contribution < 1.29 is 4.79 Å². The van der Waals surface area contributed by atoms with E-state index in [0.717, 1.165) is 30.1 Å². The molecule has 1 unspecified atom stereocenters. The van der Waals surface area contributed by atoms with E-state index in [9.17, 15) is 4.79 Å². The number of alkyl halides is 1. The number of nitrogens with zero attached hydrogens (tertiary/aromatic N) is 2. The Bertz CT molecular complexity index is 367. The first-order chi connectivity index (χ1) is 8.04. The maximum absolute atomic E-state index is 11.8. The van der Waals surface area contributed by atoms with Crippen molar-refractivity contribution in [2.75, 3.05) is 6.54 Å². The molecule has 6 heteroatoms. The van der Waals surface area contributed by atoms with Crippen LogP contribution in [-0.2, 0) is 6.42 Å². The number of hydrogen-bond acceptors (Lipinski definition) is 4. The van der Waals surface area contributed by atoms with Crippen molar-refractivity contribution in [1.29, 1.82) is 0 Å². The van der Waals surface area contributed by atoms with Gasteiger partial charge in [0.1, 0.15) is 4.88 Å². The number of halogens is 1. The van der Waals surface area contributed by atoms with Gasteiger partial charge in [0.25, 0.3) is 5.91 Å². The predicted molar refractivity (Wildman–Crippen MR) is 70.7 cm³/mol. The summed E-state index contributed by atoms with van der Waals surface area (Å²) in [4.78, 5) is 12.4. The fourth-order valence-corrected chi connectivity index (χ4v) is 2.59. The maximum atomic E-state index is 11.8. The zero-order valence-electron chi connectivity index (χ0n) is 10.4. The Hall–Kier alpha value is -0.680. The van der Waals surface area contributed by atoms with Crippen LogP contribution in [0.1, 0.15) is 42.6 Å². The molecule has 0 fully saturated rings. The summed E-state index contributed by atoms with van der Waals surface area (Å²) in [6.45, 7) is 6.66. The lowest BCUT2D eigenvalue weighted by atomic mass is 10.1. The lowest BCUT2D eigenvalue weighted by molar-refractivity contribution is 0.0956. The summed E-state index contributed by atoms with van der Waals surface area (Å²) in [7, 11) is 0. The van der Waals surface area contributed by atoms with Crippen LogP contribution in [0.15, 0.2) is 0 Å². The van der Waals surface area contributed by atoms with Crippen LogP contribution in [0.25, 0.3) is 0 Å². The van der Waals surface area contributed by atoms with E-state index in [1.807, 2.05) is 6.92 Å². The number of rotatable bonds is 6. The number of carbonyl (C=O) groups excluding carboxylic acids is 1. The number of aromatic nitrogens is 2. The molecule has 0 radical (unpaired) electrons. The van der Waals surface area contributed by atoms with Gasteiger partial charge in [-0.05, 0) is 30.3 Å². The molecule has 1 rings (SSSR count). The van der Waals surface area contributed by atoms with Crippen LogP contribution >= 0.6 is 23.1 Å². The molecule has 1 aromatic rings. The zero-order chi connectivity index (χ0) is 12.8. The van der Waals surface area contributed by atoms with Gasteiger partial charge in [0.2, 0.25) is 0 Å². The Morgan fingerprint density at radius 2 is 2.24 bits per heavy atom. The van der Waals surface area contributed by atoms with Gasteiger partial charge in [0.15, 0.2) is 0 Å². The van der Waals surface area contributed by atoms with Crippen LogP contribution in [-0.4, -0.2) is 27.4 Å². The summed E-state index contributed by atoms with van der Waals surface area (Å²) in [6, 6.07) is 0. The summed E-state index contributed by atoms with van der Waals surface area (Å²) in [6.07, 6.45) is 1.61. The van der Waals surface area contributed by atoms with Crippen LogP contribution in [0.3, 0.4) is 0 Å². The van der Waals surface area contributed by atoms with Gasteiger partial charge >= 0.3 is 0 Å². The van der Waals surface area contributed by atoms with Crippen molar-refractivity contribution in [1.82, 2.24) is 14.9 Å². The average Bonchev–Trinajstić information content (AvgIpc) is 2.72. The zero-order valence-corrected chi connectivity index (χ0v) is 11.9. The first-order valence-corrected chi connectivity index (χ1v) is 6.99. The lowest BCUT2D eigenvalue weighted by Gasteiger charge is -2.12. The Morgan fingerprint density at radius 1 is 1.53 bits per heavy atom. The highest BCUT2D eigenvalue weighted by molar-refractivity contribution is 7.08. The third-order valence-electron chi connectivity index (χ3n) is 2.31. The highest BCUT2D eigenvalue weighted by Gasteiger charge is 2.16. The Morgan fingerprint density at radius 3 is 2.82 bits per heavy atom. The highest BCUT2D eigenvalue weighted by Crippen LogP contribution is 2.12. The third kappa shape index (κ3) is 4.60. The van der Waals surface area contributed by atoms with E-state index in [1.165, 1.54) is 0 Å². The minimum absolute atomic E-state index is 0.0232. The Labute approximate surface area is 111 Å². The predicted octanol–water partition coefficient (Wildman–Crippen LogP) is 2.48. The van der Waals surface area contributed by atoms with E-state index < -0.39 is 0 Å². The molecule has 1 atom stereocenters. The average molecular weight is 276 g/mol. The van der Waals surface area contributed by atoms with Gasteiger partial charge in [-0.3, -0.25) is 4.79 Å². The van der Waals surface area contributed by atoms with Crippen molar-refractivity contribution in [2.24, 2.45) is 5.92 Å². The number of aryl methyl sites for hydroxylation is 1. The standard InChI is InChI=1S/C11H18ClN3OS/c1-4-9-10(17-15-14-9)11(16)13-6-8(12)5-7(2)3/h7-8H,4-6H2,1-3H3,(H,13,16). The monoisotopic (exact) mass is 275 g/mol. The van der Waals surface area contributed by atoms with E-state index >= 15 is 0 Å². The fourth-order valence-electron chi connectivity index (χ4n) is 1.49. The second-order valence-electron chi connectivity index (χ2n) is 4.34. The van der Waals surface area contributed by atoms with Gasteiger partial charge in [-0.25, -0.2) is 0 Å². The molecule has 0 spiro atoms. The number of amides is 1. The summed E-state index contributed by atoms with van der Waals surface area (Å²) in [5, 5.41) is 6.71. The summed E-state index contributed by atoms with van der Waals surface area (Å²) >= 11 is 7.24. The number of hydrogen-bond donors (Lipinski definition) is 1. The molecule has 0 aromatic carbocycles. The lowest BCUT2D eigenvalue weighted by Crippen LogP contribution is -2.30. The molecule has 0 aliphatic carbocycles. The van der Waals surface area contributed by atoms with Gasteiger partial charge in [0, 0.05) is 6.54 Å². The van der Waals surface area contributed by atoms with E-state index in [2.05, 4.69) is 28.8 Å². The van der Waals surface area contributed by atoms with E-state index in [-0.39, 0.29) is 11.3 Å². The molecule has 1 heterocycles. The Kier molecular flexibility index (Phi) is 5.85. The minimum Gasteiger partial charge on any atom is -0.350 e. The second kappa shape index (κ2) is 6.91. The molecule has 1 N–H and O–H groups in total. The van der Waals surface area contributed by atoms with E-state index in [1.54, 1.807) is 0 Å². The number of carbonyl (C=O) groups is 1. The van der Waals surface area contributed by atoms with Crippen molar-refractivity contribution >= 4 is 29.0 Å². The molecule has 17 heavy (non-hydrogen) atoms. The molecule has 1 amide bonds. The van der Waals surface area contributed by atoms with E-state index in [0.29, 0.717) is 17.3 Å². The number of nitrogens with one attached hydrogen (secondary N) is 1. The van der Waals surface area contributed by atoms with Crippen LogP contribution in [0.5, 0.6) is 0 Å². The van der Waals surface area contributed by atoms with Crippen molar-refractivity contribution in [3.8, 4) is 0 Å². The quantitative estimate of drug-likeness (QED) is 0.812. The fraction of sp³-hybridized carbons (Fsp3) is 0.727.